The lowest BCUT2D eigenvalue weighted by Crippen LogP contribution is -2.29. The minimum absolute atomic E-state index is 0.236. The highest BCUT2D eigenvalue weighted by atomic mass is 32.2. The maximum atomic E-state index is 11.5. The SMILES string of the molecule is CSCCCNC(=O)CCC1CCNCC1. The molecule has 0 spiro atoms. The van der Waals surface area contributed by atoms with Gasteiger partial charge in [-0.05, 0) is 56.7 Å². The fourth-order valence-electron chi connectivity index (χ4n) is 2.04. The molecule has 0 bridgehead atoms. The molecule has 1 saturated heterocycles. The summed E-state index contributed by atoms with van der Waals surface area (Å²) in [7, 11) is 0. The summed E-state index contributed by atoms with van der Waals surface area (Å²) in [4.78, 5) is 11.5. The molecule has 1 amide bonds. The van der Waals surface area contributed by atoms with Gasteiger partial charge in [-0.3, -0.25) is 4.79 Å². The molecule has 0 atom stereocenters. The Morgan fingerprint density at radius 3 is 2.88 bits per heavy atom. The quantitative estimate of drug-likeness (QED) is 0.669. The van der Waals surface area contributed by atoms with Crippen LogP contribution in [0.25, 0.3) is 0 Å². The normalized spacial score (nSPS) is 17.3. The highest BCUT2D eigenvalue weighted by Gasteiger charge is 2.13. The third kappa shape index (κ3) is 6.38. The zero-order chi connectivity index (χ0) is 11.6. The summed E-state index contributed by atoms with van der Waals surface area (Å²) in [5.41, 5.74) is 0. The summed E-state index contributed by atoms with van der Waals surface area (Å²) in [6.07, 6.45) is 7.43. The molecule has 1 heterocycles. The van der Waals surface area contributed by atoms with Crippen LogP contribution < -0.4 is 10.6 Å². The first-order valence-electron chi connectivity index (χ1n) is 6.29. The standard InChI is InChI=1S/C12H24N2OS/c1-16-10-2-7-14-12(15)4-3-11-5-8-13-9-6-11/h11,13H,2-10H2,1H3,(H,14,15). The molecule has 0 aromatic carbocycles. The van der Waals surface area contributed by atoms with Gasteiger partial charge in [0.15, 0.2) is 0 Å². The van der Waals surface area contributed by atoms with Crippen molar-refractivity contribution in [2.45, 2.75) is 32.1 Å². The number of carbonyl (C=O) groups is 1. The number of rotatable bonds is 7. The average molecular weight is 244 g/mol. The van der Waals surface area contributed by atoms with Crippen LogP contribution in [0.4, 0.5) is 0 Å². The minimum atomic E-state index is 0.236. The van der Waals surface area contributed by atoms with Crippen molar-refractivity contribution in [2.75, 3.05) is 31.6 Å². The molecule has 3 nitrogen and oxygen atoms in total. The zero-order valence-corrected chi connectivity index (χ0v) is 11.1. The summed E-state index contributed by atoms with van der Waals surface area (Å²) in [5, 5.41) is 6.34. The van der Waals surface area contributed by atoms with E-state index in [0.717, 1.165) is 44.1 Å². The lowest BCUT2D eigenvalue weighted by molar-refractivity contribution is -0.121. The number of piperidine rings is 1. The Morgan fingerprint density at radius 2 is 2.19 bits per heavy atom. The Kier molecular flexibility index (Phi) is 7.68. The Balaban J connectivity index is 1.96. The predicted octanol–water partition coefficient (Wildman–Crippen LogP) is 1.64. The third-order valence-corrected chi connectivity index (χ3v) is 3.78. The monoisotopic (exact) mass is 244 g/mol. The van der Waals surface area contributed by atoms with E-state index < -0.39 is 0 Å². The van der Waals surface area contributed by atoms with Gasteiger partial charge in [0.1, 0.15) is 0 Å². The van der Waals surface area contributed by atoms with Crippen molar-refractivity contribution in [2.24, 2.45) is 5.92 Å². The van der Waals surface area contributed by atoms with Crippen LogP contribution in [0.2, 0.25) is 0 Å². The van der Waals surface area contributed by atoms with Gasteiger partial charge in [-0.25, -0.2) is 0 Å². The minimum Gasteiger partial charge on any atom is -0.356 e. The predicted molar refractivity (Wildman–Crippen MR) is 70.8 cm³/mol. The van der Waals surface area contributed by atoms with Crippen molar-refractivity contribution in [3.63, 3.8) is 0 Å². The highest BCUT2D eigenvalue weighted by Crippen LogP contribution is 2.17. The number of thioether (sulfide) groups is 1. The van der Waals surface area contributed by atoms with E-state index in [1.165, 1.54) is 12.8 Å². The van der Waals surface area contributed by atoms with Gasteiger partial charge in [-0.2, -0.15) is 11.8 Å². The summed E-state index contributed by atoms with van der Waals surface area (Å²) in [6, 6.07) is 0. The van der Waals surface area contributed by atoms with Crippen molar-refractivity contribution in [3.05, 3.63) is 0 Å². The van der Waals surface area contributed by atoms with Crippen molar-refractivity contribution in [3.8, 4) is 0 Å². The van der Waals surface area contributed by atoms with Crippen LogP contribution >= 0.6 is 11.8 Å². The first kappa shape index (κ1) is 13.8. The maximum absolute atomic E-state index is 11.5. The summed E-state index contributed by atoms with van der Waals surface area (Å²) in [5.74, 6) is 2.13. The molecule has 16 heavy (non-hydrogen) atoms. The summed E-state index contributed by atoms with van der Waals surface area (Å²) in [6.45, 7) is 3.09. The van der Waals surface area contributed by atoms with Crippen LogP contribution in [0.15, 0.2) is 0 Å². The van der Waals surface area contributed by atoms with Gasteiger partial charge in [-0.15, -0.1) is 0 Å². The van der Waals surface area contributed by atoms with Gasteiger partial charge in [-0.1, -0.05) is 0 Å². The topological polar surface area (TPSA) is 41.1 Å². The van der Waals surface area contributed by atoms with Gasteiger partial charge in [0.25, 0.3) is 0 Å². The summed E-state index contributed by atoms with van der Waals surface area (Å²) < 4.78 is 0. The lowest BCUT2D eigenvalue weighted by atomic mass is 9.93. The number of hydrogen-bond donors (Lipinski definition) is 2. The van der Waals surface area contributed by atoms with Gasteiger partial charge >= 0.3 is 0 Å². The van der Waals surface area contributed by atoms with E-state index in [2.05, 4.69) is 16.9 Å². The molecule has 2 N–H and O–H groups in total. The molecule has 0 radical (unpaired) electrons. The second-order valence-electron chi connectivity index (χ2n) is 4.43. The van der Waals surface area contributed by atoms with Gasteiger partial charge in [0.2, 0.25) is 5.91 Å². The van der Waals surface area contributed by atoms with Crippen molar-refractivity contribution in [1.82, 2.24) is 10.6 Å². The first-order valence-corrected chi connectivity index (χ1v) is 7.68. The van der Waals surface area contributed by atoms with E-state index in [9.17, 15) is 4.79 Å². The van der Waals surface area contributed by atoms with E-state index in [0.29, 0.717) is 6.42 Å². The molecule has 1 aliphatic heterocycles. The number of carbonyl (C=O) groups excluding carboxylic acids is 1. The maximum Gasteiger partial charge on any atom is 0.220 e. The van der Waals surface area contributed by atoms with Crippen molar-refractivity contribution in [1.29, 1.82) is 0 Å². The van der Waals surface area contributed by atoms with E-state index in [1.807, 2.05) is 11.8 Å². The smallest absolute Gasteiger partial charge is 0.220 e. The van der Waals surface area contributed by atoms with Crippen LogP contribution in [-0.4, -0.2) is 37.6 Å². The van der Waals surface area contributed by atoms with Crippen molar-refractivity contribution < 1.29 is 4.79 Å². The molecule has 1 fully saturated rings. The van der Waals surface area contributed by atoms with Crippen molar-refractivity contribution >= 4 is 17.7 Å². The van der Waals surface area contributed by atoms with E-state index in [-0.39, 0.29) is 5.91 Å². The van der Waals surface area contributed by atoms with Crippen LogP contribution in [-0.2, 0) is 4.79 Å². The molecule has 4 heteroatoms. The molecular formula is C12H24N2OS. The average Bonchev–Trinajstić information content (AvgIpc) is 2.33. The fraction of sp³-hybridized carbons (Fsp3) is 0.917. The fourth-order valence-corrected chi connectivity index (χ4v) is 2.47. The zero-order valence-electron chi connectivity index (χ0n) is 10.3. The van der Waals surface area contributed by atoms with E-state index in [1.54, 1.807) is 0 Å². The van der Waals surface area contributed by atoms with Crippen LogP contribution in [0, 0.1) is 5.92 Å². The first-order chi connectivity index (χ1) is 7.83. The van der Waals surface area contributed by atoms with Crippen LogP contribution in [0.1, 0.15) is 32.1 Å². The molecule has 0 saturated carbocycles. The van der Waals surface area contributed by atoms with E-state index >= 15 is 0 Å². The van der Waals surface area contributed by atoms with E-state index in [4.69, 9.17) is 0 Å². The Morgan fingerprint density at radius 1 is 1.44 bits per heavy atom. The second-order valence-corrected chi connectivity index (χ2v) is 5.41. The Bertz CT molecular complexity index is 193. The van der Waals surface area contributed by atoms with Crippen LogP contribution in [0.5, 0.6) is 0 Å². The summed E-state index contributed by atoms with van der Waals surface area (Å²) >= 11 is 1.83. The van der Waals surface area contributed by atoms with Crippen LogP contribution in [0.3, 0.4) is 0 Å². The number of hydrogen-bond acceptors (Lipinski definition) is 3. The molecular weight excluding hydrogens is 220 g/mol. The Labute approximate surface area is 103 Å². The molecule has 0 unspecified atom stereocenters. The molecule has 0 aromatic rings. The van der Waals surface area contributed by atoms with Gasteiger partial charge in [0, 0.05) is 13.0 Å². The highest BCUT2D eigenvalue weighted by molar-refractivity contribution is 7.98. The largest absolute Gasteiger partial charge is 0.356 e. The second kappa shape index (κ2) is 8.88. The molecule has 94 valence electrons. The molecule has 0 aliphatic carbocycles. The third-order valence-electron chi connectivity index (χ3n) is 3.09. The molecule has 0 aromatic heterocycles. The van der Waals surface area contributed by atoms with Gasteiger partial charge < -0.3 is 10.6 Å². The molecule has 1 aliphatic rings. The van der Waals surface area contributed by atoms with Gasteiger partial charge in [0.05, 0.1) is 0 Å². The Hall–Kier alpha value is -0.220. The lowest BCUT2D eigenvalue weighted by Gasteiger charge is -2.22. The molecule has 1 rings (SSSR count). The number of nitrogens with one attached hydrogen (secondary N) is 2. The number of amides is 1.